The Morgan fingerprint density at radius 3 is 2.50 bits per heavy atom. The number of benzene rings is 1. The lowest BCUT2D eigenvalue weighted by atomic mass is 9.91. The first-order valence-electron chi connectivity index (χ1n) is 7.36. The molecule has 1 N–H and O–H groups in total. The van der Waals surface area contributed by atoms with Gasteiger partial charge in [0.2, 0.25) is 0 Å². The first-order chi connectivity index (χ1) is 9.67. The fourth-order valence-electron chi connectivity index (χ4n) is 2.38. The van der Waals surface area contributed by atoms with E-state index >= 15 is 0 Å². The number of aromatic carboxylic acids is 1. The van der Waals surface area contributed by atoms with E-state index in [1.165, 1.54) is 25.7 Å². The maximum Gasteiger partial charge on any atom is 0.335 e. The molecular formula is C17H23NO2. The number of carbonyl (C=O) groups is 1. The van der Waals surface area contributed by atoms with Crippen molar-refractivity contribution in [1.82, 2.24) is 0 Å². The molecule has 0 spiro atoms. The van der Waals surface area contributed by atoms with E-state index in [4.69, 9.17) is 10.4 Å². The van der Waals surface area contributed by atoms with Crippen molar-refractivity contribution >= 4 is 5.97 Å². The lowest BCUT2D eigenvalue weighted by Crippen LogP contribution is -2.05. The lowest BCUT2D eigenvalue weighted by molar-refractivity contribution is 0.0697. The van der Waals surface area contributed by atoms with E-state index in [0.717, 1.165) is 18.4 Å². The number of nitrogens with zero attached hydrogens (tertiary/aromatic N) is 1. The van der Waals surface area contributed by atoms with Crippen LogP contribution in [-0.4, -0.2) is 11.1 Å². The van der Waals surface area contributed by atoms with Crippen molar-refractivity contribution in [2.75, 3.05) is 0 Å². The Bertz CT molecular complexity index is 445. The van der Waals surface area contributed by atoms with Gasteiger partial charge in [-0.25, -0.2) is 4.79 Å². The molecule has 1 aromatic carbocycles. The molecular weight excluding hydrogens is 250 g/mol. The monoisotopic (exact) mass is 273 g/mol. The third kappa shape index (κ3) is 5.88. The zero-order valence-corrected chi connectivity index (χ0v) is 12.1. The molecule has 1 unspecified atom stereocenters. The molecule has 0 saturated carbocycles. The average molecular weight is 273 g/mol. The molecule has 0 aliphatic rings. The van der Waals surface area contributed by atoms with Gasteiger partial charge < -0.3 is 5.11 Å². The van der Waals surface area contributed by atoms with Crippen LogP contribution in [0.3, 0.4) is 0 Å². The summed E-state index contributed by atoms with van der Waals surface area (Å²) in [6, 6.07) is 9.26. The molecule has 3 heteroatoms. The molecule has 0 radical (unpaired) electrons. The van der Waals surface area contributed by atoms with Gasteiger partial charge >= 0.3 is 5.97 Å². The Kier molecular flexibility index (Phi) is 7.42. The first-order valence-corrected chi connectivity index (χ1v) is 7.36. The highest BCUT2D eigenvalue weighted by Crippen LogP contribution is 2.19. The molecule has 0 aliphatic carbocycles. The highest BCUT2D eigenvalue weighted by atomic mass is 16.4. The normalized spacial score (nSPS) is 11.8. The maximum atomic E-state index is 10.8. The molecule has 0 bridgehead atoms. The molecule has 1 aromatic rings. The van der Waals surface area contributed by atoms with E-state index < -0.39 is 5.97 Å². The van der Waals surface area contributed by atoms with E-state index in [1.807, 2.05) is 12.1 Å². The predicted molar refractivity (Wildman–Crippen MR) is 79.6 cm³/mol. The van der Waals surface area contributed by atoms with Crippen LogP contribution < -0.4 is 0 Å². The van der Waals surface area contributed by atoms with E-state index in [1.54, 1.807) is 12.1 Å². The molecule has 0 fully saturated rings. The Morgan fingerprint density at radius 1 is 1.25 bits per heavy atom. The van der Waals surface area contributed by atoms with Gasteiger partial charge in [-0.05, 0) is 36.5 Å². The van der Waals surface area contributed by atoms with Crippen LogP contribution >= 0.6 is 0 Å². The number of rotatable bonds is 9. The number of nitriles is 1. The van der Waals surface area contributed by atoms with Gasteiger partial charge in [-0.3, -0.25) is 0 Å². The summed E-state index contributed by atoms with van der Waals surface area (Å²) in [6.07, 6.45) is 7.40. The van der Waals surface area contributed by atoms with Gasteiger partial charge in [0.05, 0.1) is 11.6 Å². The van der Waals surface area contributed by atoms with Crippen LogP contribution in [0, 0.1) is 17.2 Å². The van der Waals surface area contributed by atoms with Crippen LogP contribution in [-0.2, 0) is 6.42 Å². The highest BCUT2D eigenvalue weighted by molar-refractivity contribution is 5.87. The van der Waals surface area contributed by atoms with Crippen LogP contribution in [0.1, 0.15) is 61.4 Å². The van der Waals surface area contributed by atoms with Gasteiger partial charge in [0.1, 0.15) is 0 Å². The standard InChI is InChI=1S/C17H23NO2/c1-2-3-4-5-6-14(11-12-18)13-15-7-9-16(10-8-15)17(19)20/h7-10,14H,2-6,11,13H2,1H3,(H,19,20). The number of hydrogen-bond acceptors (Lipinski definition) is 2. The molecule has 1 atom stereocenters. The van der Waals surface area contributed by atoms with Gasteiger partial charge in [-0.1, -0.05) is 44.7 Å². The SMILES string of the molecule is CCCCCCC(CC#N)Cc1ccc(C(=O)O)cc1. The maximum absolute atomic E-state index is 10.8. The predicted octanol–water partition coefficient (Wildman–Crippen LogP) is 4.43. The largest absolute Gasteiger partial charge is 0.478 e. The minimum absolute atomic E-state index is 0.313. The fraction of sp³-hybridized carbons (Fsp3) is 0.529. The molecule has 20 heavy (non-hydrogen) atoms. The van der Waals surface area contributed by atoms with E-state index in [0.29, 0.717) is 17.9 Å². The van der Waals surface area contributed by atoms with Crippen molar-refractivity contribution in [1.29, 1.82) is 5.26 Å². The third-order valence-electron chi connectivity index (χ3n) is 3.57. The van der Waals surface area contributed by atoms with Gasteiger partial charge in [-0.15, -0.1) is 0 Å². The minimum atomic E-state index is -0.898. The highest BCUT2D eigenvalue weighted by Gasteiger charge is 2.10. The van der Waals surface area contributed by atoms with Crippen molar-refractivity contribution in [2.24, 2.45) is 5.92 Å². The van der Waals surface area contributed by atoms with Crippen LogP contribution in [0.15, 0.2) is 24.3 Å². The quantitative estimate of drug-likeness (QED) is 0.677. The zero-order chi connectivity index (χ0) is 14.8. The molecule has 0 aliphatic heterocycles. The van der Waals surface area contributed by atoms with Gasteiger partial charge in [-0.2, -0.15) is 5.26 Å². The van der Waals surface area contributed by atoms with E-state index in [2.05, 4.69) is 13.0 Å². The summed E-state index contributed by atoms with van der Waals surface area (Å²) in [5, 5.41) is 17.8. The number of carboxylic acid groups (broad SMARTS) is 1. The molecule has 0 heterocycles. The van der Waals surface area contributed by atoms with Crippen molar-refractivity contribution in [3.8, 4) is 6.07 Å². The Hall–Kier alpha value is -1.82. The smallest absolute Gasteiger partial charge is 0.335 e. The minimum Gasteiger partial charge on any atom is -0.478 e. The second-order valence-corrected chi connectivity index (χ2v) is 5.28. The van der Waals surface area contributed by atoms with Crippen molar-refractivity contribution in [3.63, 3.8) is 0 Å². The summed E-state index contributed by atoms with van der Waals surface area (Å²) in [4.78, 5) is 10.8. The summed E-state index contributed by atoms with van der Waals surface area (Å²) >= 11 is 0. The Morgan fingerprint density at radius 2 is 1.95 bits per heavy atom. The molecule has 1 rings (SSSR count). The summed E-state index contributed by atoms with van der Waals surface area (Å²) < 4.78 is 0. The third-order valence-corrected chi connectivity index (χ3v) is 3.57. The summed E-state index contributed by atoms with van der Waals surface area (Å²) in [7, 11) is 0. The molecule has 0 amide bonds. The Labute approximate surface area is 121 Å². The van der Waals surface area contributed by atoms with Gasteiger partial charge in [0.25, 0.3) is 0 Å². The van der Waals surface area contributed by atoms with Gasteiger partial charge in [0, 0.05) is 6.42 Å². The summed E-state index contributed by atoms with van der Waals surface area (Å²) in [5.41, 5.74) is 1.43. The summed E-state index contributed by atoms with van der Waals surface area (Å²) in [5.74, 6) is -0.516. The lowest BCUT2D eigenvalue weighted by Gasteiger charge is -2.13. The van der Waals surface area contributed by atoms with E-state index in [-0.39, 0.29) is 0 Å². The van der Waals surface area contributed by atoms with Crippen LogP contribution in [0.4, 0.5) is 0 Å². The molecule has 0 aromatic heterocycles. The second kappa shape index (κ2) is 9.14. The number of hydrogen-bond donors (Lipinski definition) is 1. The average Bonchev–Trinajstić information content (AvgIpc) is 2.44. The number of unbranched alkanes of at least 4 members (excludes halogenated alkanes) is 3. The zero-order valence-electron chi connectivity index (χ0n) is 12.1. The van der Waals surface area contributed by atoms with Crippen molar-refractivity contribution in [3.05, 3.63) is 35.4 Å². The van der Waals surface area contributed by atoms with Crippen molar-refractivity contribution < 1.29 is 9.90 Å². The van der Waals surface area contributed by atoms with Crippen LogP contribution in [0.5, 0.6) is 0 Å². The van der Waals surface area contributed by atoms with Crippen molar-refractivity contribution in [2.45, 2.75) is 51.9 Å². The van der Waals surface area contributed by atoms with Crippen LogP contribution in [0.25, 0.3) is 0 Å². The van der Waals surface area contributed by atoms with Crippen LogP contribution in [0.2, 0.25) is 0 Å². The van der Waals surface area contributed by atoms with Gasteiger partial charge in [0.15, 0.2) is 0 Å². The fourth-order valence-corrected chi connectivity index (χ4v) is 2.38. The molecule has 108 valence electrons. The first kappa shape index (κ1) is 16.2. The summed E-state index contributed by atoms with van der Waals surface area (Å²) in [6.45, 7) is 2.19. The molecule has 0 saturated heterocycles. The second-order valence-electron chi connectivity index (χ2n) is 5.28. The van der Waals surface area contributed by atoms with E-state index in [9.17, 15) is 4.79 Å². The Balaban J connectivity index is 2.52. The molecule has 3 nitrogen and oxygen atoms in total. The topological polar surface area (TPSA) is 61.1 Å². The number of carboxylic acids is 1.